The molecule has 0 radical (unpaired) electrons. The standard InChI is InChI=1S/C24H21FN4O2/c1-17-2-8-20(28-23(30)9-5-18-3-6-19(25)7-4-18)16-22(17)29(24-27-14-15-31-24)21-10-12-26-13-11-21/h2-4,6-8,10-16H,5,9H2,1H3,(H,28,30). The normalized spacial score (nSPS) is 10.6. The third-order valence-electron chi connectivity index (χ3n) is 4.82. The van der Waals surface area contributed by atoms with E-state index in [-0.39, 0.29) is 11.7 Å². The highest BCUT2D eigenvalue weighted by atomic mass is 19.1. The average Bonchev–Trinajstić information content (AvgIpc) is 3.31. The van der Waals surface area contributed by atoms with E-state index in [4.69, 9.17) is 4.42 Å². The van der Waals surface area contributed by atoms with E-state index in [1.54, 1.807) is 30.7 Å². The van der Waals surface area contributed by atoms with Gasteiger partial charge in [0.1, 0.15) is 12.1 Å². The fourth-order valence-electron chi connectivity index (χ4n) is 3.23. The lowest BCUT2D eigenvalue weighted by atomic mass is 10.1. The number of carbonyl (C=O) groups excluding carboxylic acids is 1. The first-order valence-electron chi connectivity index (χ1n) is 9.85. The summed E-state index contributed by atoms with van der Waals surface area (Å²) in [6, 6.07) is 16.0. The van der Waals surface area contributed by atoms with Gasteiger partial charge in [-0.15, -0.1) is 0 Å². The van der Waals surface area contributed by atoms with Crippen LogP contribution in [0, 0.1) is 12.7 Å². The van der Waals surface area contributed by atoms with E-state index in [0.717, 1.165) is 22.5 Å². The molecule has 2 aromatic heterocycles. The number of carbonyl (C=O) groups is 1. The minimum Gasteiger partial charge on any atom is -0.432 e. The largest absolute Gasteiger partial charge is 0.432 e. The van der Waals surface area contributed by atoms with Crippen LogP contribution < -0.4 is 10.2 Å². The average molecular weight is 416 g/mol. The molecule has 0 aliphatic heterocycles. The number of anilines is 4. The SMILES string of the molecule is Cc1ccc(NC(=O)CCc2ccc(F)cc2)cc1N(c1ccncc1)c1ncco1. The van der Waals surface area contributed by atoms with Crippen molar-refractivity contribution in [3.63, 3.8) is 0 Å². The Kier molecular flexibility index (Phi) is 6.03. The highest BCUT2D eigenvalue weighted by Crippen LogP contribution is 2.36. The Labute approximate surface area is 179 Å². The van der Waals surface area contributed by atoms with Gasteiger partial charge in [-0.05, 0) is 60.9 Å². The van der Waals surface area contributed by atoms with Crippen molar-refractivity contribution in [2.24, 2.45) is 0 Å². The lowest BCUT2D eigenvalue weighted by molar-refractivity contribution is -0.116. The number of benzene rings is 2. The van der Waals surface area contributed by atoms with Crippen LogP contribution in [0.15, 0.2) is 83.9 Å². The number of aromatic nitrogens is 2. The third kappa shape index (κ3) is 4.95. The summed E-state index contributed by atoms with van der Waals surface area (Å²) >= 11 is 0. The van der Waals surface area contributed by atoms with Crippen molar-refractivity contribution in [2.45, 2.75) is 19.8 Å². The number of nitrogens with one attached hydrogen (secondary N) is 1. The Morgan fingerprint density at radius 1 is 1.06 bits per heavy atom. The second-order valence-corrected chi connectivity index (χ2v) is 7.03. The Morgan fingerprint density at radius 2 is 1.84 bits per heavy atom. The fourth-order valence-corrected chi connectivity index (χ4v) is 3.23. The topological polar surface area (TPSA) is 71.3 Å². The molecule has 0 bridgehead atoms. The van der Waals surface area contributed by atoms with Gasteiger partial charge in [-0.2, -0.15) is 0 Å². The molecule has 156 valence electrons. The summed E-state index contributed by atoms with van der Waals surface area (Å²) in [5.41, 5.74) is 4.22. The van der Waals surface area contributed by atoms with Crippen LogP contribution in [0.4, 0.5) is 27.5 Å². The highest BCUT2D eigenvalue weighted by Gasteiger charge is 2.19. The summed E-state index contributed by atoms with van der Waals surface area (Å²) in [4.78, 5) is 22.7. The second-order valence-electron chi connectivity index (χ2n) is 7.03. The molecule has 4 aromatic rings. The molecule has 31 heavy (non-hydrogen) atoms. The second kappa shape index (κ2) is 9.21. The maximum Gasteiger partial charge on any atom is 0.306 e. The van der Waals surface area contributed by atoms with Crippen molar-refractivity contribution in [1.29, 1.82) is 0 Å². The van der Waals surface area contributed by atoms with Gasteiger partial charge in [0.2, 0.25) is 5.91 Å². The molecule has 0 saturated heterocycles. The maximum absolute atomic E-state index is 13.0. The van der Waals surface area contributed by atoms with E-state index < -0.39 is 0 Å². The number of nitrogens with zero attached hydrogens (tertiary/aromatic N) is 3. The zero-order chi connectivity index (χ0) is 21.6. The van der Waals surface area contributed by atoms with Gasteiger partial charge in [0.05, 0.1) is 17.6 Å². The van der Waals surface area contributed by atoms with Crippen molar-refractivity contribution in [2.75, 3.05) is 10.2 Å². The molecule has 0 aliphatic carbocycles. The molecule has 7 heteroatoms. The molecule has 4 rings (SSSR count). The smallest absolute Gasteiger partial charge is 0.306 e. The first-order valence-corrected chi connectivity index (χ1v) is 9.85. The van der Waals surface area contributed by atoms with E-state index in [2.05, 4.69) is 15.3 Å². The number of hydrogen-bond donors (Lipinski definition) is 1. The van der Waals surface area contributed by atoms with E-state index >= 15 is 0 Å². The molecule has 1 N–H and O–H groups in total. The van der Waals surface area contributed by atoms with Crippen LogP contribution in [0.25, 0.3) is 0 Å². The first-order chi connectivity index (χ1) is 15.1. The van der Waals surface area contributed by atoms with Gasteiger partial charge < -0.3 is 9.73 Å². The number of hydrogen-bond acceptors (Lipinski definition) is 5. The Hall–Kier alpha value is -4.00. The van der Waals surface area contributed by atoms with Crippen LogP contribution in [-0.4, -0.2) is 15.9 Å². The van der Waals surface area contributed by atoms with Crippen LogP contribution in [0.1, 0.15) is 17.5 Å². The van der Waals surface area contributed by atoms with Crippen LogP contribution in [0.2, 0.25) is 0 Å². The van der Waals surface area contributed by atoms with Gasteiger partial charge in [0.15, 0.2) is 0 Å². The predicted molar refractivity (Wildman–Crippen MR) is 117 cm³/mol. The molecule has 0 aliphatic rings. The first kappa shape index (κ1) is 20.3. The van der Waals surface area contributed by atoms with Crippen molar-refractivity contribution in [3.05, 3.63) is 96.4 Å². The van der Waals surface area contributed by atoms with E-state index in [1.165, 1.54) is 18.4 Å². The number of pyridine rings is 1. The molecule has 0 atom stereocenters. The molecule has 2 heterocycles. The van der Waals surface area contributed by atoms with Crippen molar-refractivity contribution in [1.82, 2.24) is 9.97 Å². The molecule has 6 nitrogen and oxygen atoms in total. The number of aryl methyl sites for hydroxylation is 2. The van der Waals surface area contributed by atoms with Gasteiger partial charge in [0, 0.05) is 24.5 Å². The molecule has 0 fully saturated rings. The monoisotopic (exact) mass is 416 g/mol. The highest BCUT2D eigenvalue weighted by molar-refractivity contribution is 5.92. The van der Waals surface area contributed by atoms with E-state index in [1.807, 2.05) is 42.2 Å². The van der Waals surface area contributed by atoms with Gasteiger partial charge >= 0.3 is 6.01 Å². The van der Waals surface area contributed by atoms with Gasteiger partial charge in [0.25, 0.3) is 0 Å². The molecule has 0 spiro atoms. The number of amides is 1. The van der Waals surface area contributed by atoms with Crippen LogP contribution in [-0.2, 0) is 11.2 Å². The summed E-state index contributed by atoms with van der Waals surface area (Å²) in [6.07, 6.45) is 7.32. The van der Waals surface area contributed by atoms with E-state index in [0.29, 0.717) is 24.5 Å². The summed E-state index contributed by atoms with van der Waals surface area (Å²) in [5, 5.41) is 2.94. The lowest BCUT2D eigenvalue weighted by Crippen LogP contribution is -2.15. The van der Waals surface area contributed by atoms with Crippen molar-refractivity contribution < 1.29 is 13.6 Å². The van der Waals surface area contributed by atoms with Gasteiger partial charge in [-0.1, -0.05) is 18.2 Å². The minimum absolute atomic E-state index is 0.120. The van der Waals surface area contributed by atoms with Crippen LogP contribution >= 0.6 is 0 Å². The molecule has 1 amide bonds. The fraction of sp³-hybridized carbons (Fsp3) is 0.125. The maximum atomic E-state index is 13.0. The molecular formula is C24H21FN4O2. The Morgan fingerprint density at radius 3 is 2.55 bits per heavy atom. The molecular weight excluding hydrogens is 395 g/mol. The zero-order valence-corrected chi connectivity index (χ0v) is 17.0. The van der Waals surface area contributed by atoms with Crippen LogP contribution in [0.3, 0.4) is 0 Å². The third-order valence-corrected chi connectivity index (χ3v) is 4.82. The van der Waals surface area contributed by atoms with Crippen molar-refractivity contribution >= 4 is 29.0 Å². The van der Waals surface area contributed by atoms with Crippen molar-refractivity contribution in [3.8, 4) is 0 Å². The van der Waals surface area contributed by atoms with Crippen LogP contribution in [0.5, 0.6) is 0 Å². The van der Waals surface area contributed by atoms with E-state index in [9.17, 15) is 9.18 Å². The number of oxazole rings is 1. The Bertz CT molecular complexity index is 1150. The number of rotatable bonds is 7. The van der Waals surface area contributed by atoms with Gasteiger partial charge in [-0.25, -0.2) is 9.37 Å². The summed E-state index contributed by atoms with van der Waals surface area (Å²) in [6.45, 7) is 1.98. The minimum atomic E-state index is -0.287. The quantitative estimate of drug-likeness (QED) is 0.427. The zero-order valence-electron chi connectivity index (χ0n) is 17.0. The Balaban J connectivity index is 1.54. The molecule has 2 aromatic carbocycles. The van der Waals surface area contributed by atoms with Gasteiger partial charge in [-0.3, -0.25) is 14.7 Å². The lowest BCUT2D eigenvalue weighted by Gasteiger charge is -2.23. The summed E-state index contributed by atoms with van der Waals surface area (Å²) in [5.74, 6) is -0.407. The number of halogens is 1. The summed E-state index contributed by atoms with van der Waals surface area (Å²) in [7, 11) is 0. The molecule has 0 unspecified atom stereocenters. The summed E-state index contributed by atoms with van der Waals surface area (Å²) < 4.78 is 18.6. The molecule has 0 saturated carbocycles. The predicted octanol–water partition coefficient (Wildman–Crippen LogP) is 5.56.